The molecular weight excluding hydrogens is 366 g/mol. The summed E-state index contributed by atoms with van der Waals surface area (Å²) in [6.45, 7) is 16.2. The fourth-order valence-corrected chi connectivity index (χ4v) is 10.0. The van der Waals surface area contributed by atoms with E-state index in [1.54, 1.807) is 11.9 Å². The number of carbonyl (C=O) groups excluding carboxylic acids is 1. The van der Waals surface area contributed by atoms with Crippen molar-refractivity contribution in [2.24, 2.45) is 0 Å². The summed E-state index contributed by atoms with van der Waals surface area (Å²) in [5.74, 6) is 0.0528. The van der Waals surface area contributed by atoms with Gasteiger partial charge < -0.3 is 14.4 Å². The first-order chi connectivity index (χ1) is 13.1. The Kier molecular flexibility index (Phi) is 9.88. The SMILES string of the molecule is CC(C)[Si](OCCCC(=O)N(C)[C@@H](C)[C@@H](O)c1ccccc1)(C(C)C)C(C)C. The van der Waals surface area contributed by atoms with E-state index in [4.69, 9.17) is 4.43 Å². The summed E-state index contributed by atoms with van der Waals surface area (Å²) in [5.41, 5.74) is 2.48. The van der Waals surface area contributed by atoms with Crippen molar-refractivity contribution in [2.45, 2.75) is 90.1 Å². The van der Waals surface area contributed by atoms with Gasteiger partial charge in [-0.2, -0.15) is 0 Å². The number of nitrogens with zero attached hydrogens (tertiary/aromatic N) is 1. The van der Waals surface area contributed by atoms with Crippen LogP contribution in [0.2, 0.25) is 16.6 Å². The minimum atomic E-state index is -1.88. The number of aliphatic hydroxyl groups excluding tert-OH is 1. The predicted molar refractivity (Wildman–Crippen MR) is 120 cm³/mol. The highest BCUT2D eigenvalue weighted by molar-refractivity contribution is 6.77. The molecule has 0 radical (unpaired) electrons. The second-order valence-corrected chi connectivity index (χ2v) is 14.3. The van der Waals surface area contributed by atoms with E-state index in [1.807, 2.05) is 37.3 Å². The van der Waals surface area contributed by atoms with Crippen LogP contribution in [0, 0.1) is 0 Å². The Balaban J connectivity index is 2.59. The molecule has 0 aliphatic rings. The first-order valence-corrected chi connectivity index (χ1v) is 12.8. The second-order valence-electron chi connectivity index (χ2n) is 8.87. The third kappa shape index (κ3) is 5.91. The Morgan fingerprint density at radius 3 is 1.96 bits per heavy atom. The normalized spacial score (nSPS) is 14.6. The van der Waals surface area contributed by atoms with Crippen LogP contribution in [0.25, 0.3) is 0 Å². The van der Waals surface area contributed by atoms with Gasteiger partial charge in [-0.3, -0.25) is 4.79 Å². The number of benzene rings is 1. The molecule has 1 aromatic carbocycles. The van der Waals surface area contributed by atoms with Crippen molar-refractivity contribution in [1.82, 2.24) is 4.90 Å². The molecule has 1 aromatic rings. The molecule has 160 valence electrons. The fourth-order valence-electron chi connectivity index (χ4n) is 4.52. The molecule has 4 nitrogen and oxygen atoms in total. The number of aliphatic hydroxyl groups is 1. The lowest BCUT2D eigenvalue weighted by atomic mass is 10.0. The predicted octanol–water partition coefficient (Wildman–Crippen LogP) is 5.54. The van der Waals surface area contributed by atoms with Crippen LogP contribution >= 0.6 is 0 Å². The van der Waals surface area contributed by atoms with E-state index < -0.39 is 14.4 Å². The molecule has 0 spiro atoms. The Bertz CT molecular complexity index is 567. The van der Waals surface area contributed by atoms with E-state index in [-0.39, 0.29) is 11.9 Å². The standard InChI is InChI=1S/C23H41NO3Si/c1-17(2)28(18(3)4,19(5)6)27-16-12-15-22(25)24(8)20(7)23(26)21-13-10-9-11-14-21/h9-11,13-14,17-20,23,26H,12,15-16H2,1-8H3/t20-,23+/m0/s1. The van der Waals surface area contributed by atoms with E-state index in [9.17, 15) is 9.90 Å². The van der Waals surface area contributed by atoms with Crippen molar-refractivity contribution in [3.05, 3.63) is 35.9 Å². The number of amides is 1. The van der Waals surface area contributed by atoms with Crippen LogP contribution in [-0.2, 0) is 9.22 Å². The summed E-state index contributed by atoms with van der Waals surface area (Å²) in [4.78, 5) is 14.3. The summed E-state index contributed by atoms with van der Waals surface area (Å²) in [5, 5.41) is 10.6. The summed E-state index contributed by atoms with van der Waals surface area (Å²) in [6.07, 6.45) is 0.480. The number of carbonyl (C=O) groups is 1. The van der Waals surface area contributed by atoms with Crippen molar-refractivity contribution < 1.29 is 14.3 Å². The Morgan fingerprint density at radius 2 is 1.50 bits per heavy atom. The molecule has 0 heterocycles. The topological polar surface area (TPSA) is 49.8 Å². The van der Waals surface area contributed by atoms with Crippen LogP contribution in [0.1, 0.15) is 73.0 Å². The highest BCUT2D eigenvalue weighted by Gasteiger charge is 2.44. The van der Waals surface area contributed by atoms with Crippen molar-refractivity contribution >= 4 is 14.2 Å². The molecule has 1 amide bonds. The summed E-state index contributed by atoms with van der Waals surface area (Å²) >= 11 is 0. The molecule has 0 aromatic heterocycles. The Morgan fingerprint density at radius 1 is 1.00 bits per heavy atom. The molecule has 0 saturated heterocycles. The van der Waals surface area contributed by atoms with Crippen molar-refractivity contribution in [3.63, 3.8) is 0 Å². The van der Waals surface area contributed by atoms with Gasteiger partial charge in [0, 0.05) is 20.1 Å². The molecule has 28 heavy (non-hydrogen) atoms. The minimum Gasteiger partial charge on any atom is -0.416 e. The number of likely N-dealkylation sites (N-methyl/N-ethyl adjacent to an activating group) is 1. The van der Waals surface area contributed by atoms with Crippen LogP contribution < -0.4 is 0 Å². The molecular formula is C23H41NO3Si. The van der Waals surface area contributed by atoms with Crippen LogP contribution in [0.15, 0.2) is 30.3 Å². The van der Waals surface area contributed by atoms with Gasteiger partial charge in [-0.05, 0) is 35.5 Å². The largest absolute Gasteiger partial charge is 0.416 e. The Hall–Kier alpha value is -1.17. The van der Waals surface area contributed by atoms with Gasteiger partial charge in [-0.15, -0.1) is 0 Å². The maximum atomic E-state index is 12.6. The number of hydrogen-bond donors (Lipinski definition) is 1. The highest BCUT2D eigenvalue weighted by Crippen LogP contribution is 2.42. The third-order valence-corrected chi connectivity index (χ3v) is 12.3. The molecule has 5 heteroatoms. The lowest BCUT2D eigenvalue weighted by Crippen LogP contribution is -2.48. The van der Waals surface area contributed by atoms with E-state index >= 15 is 0 Å². The minimum absolute atomic E-state index is 0.0528. The molecule has 2 atom stereocenters. The lowest BCUT2D eigenvalue weighted by molar-refractivity contribution is -0.134. The highest BCUT2D eigenvalue weighted by atomic mass is 28.4. The molecule has 0 aliphatic heterocycles. The van der Waals surface area contributed by atoms with E-state index in [0.29, 0.717) is 29.7 Å². The van der Waals surface area contributed by atoms with Gasteiger partial charge in [0.2, 0.25) is 5.91 Å². The smallest absolute Gasteiger partial charge is 0.222 e. The van der Waals surface area contributed by atoms with Gasteiger partial charge in [0.25, 0.3) is 0 Å². The zero-order valence-corrected chi connectivity index (χ0v) is 20.1. The maximum Gasteiger partial charge on any atom is 0.222 e. The van der Waals surface area contributed by atoms with Crippen LogP contribution in [0.5, 0.6) is 0 Å². The monoisotopic (exact) mass is 407 g/mol. The lowest BCUT2D eigenvalue weighted by Gasteiger charge is -2.42. The average Bonchev–Trinajstić information content (AvgIpc) is 2.65. The molecule has 0 unspecified atom stereocenters. The van der Waals surface area contributed by atoms with Crippen LogP contribution in [0.4, 0.5) is 0 Å². The van der Waals surface area contributed by atoms with Gasteiger partial charge in [0.1, 0.15) is 0 Å². The zero-order chi connectivity index (χ0) is 21.5. The number of rotatable bonds is 11. The first-order valence-electron chi connectivity index (χ1n) is 10.7. The summed E-state index contributed by atoms with van der Waals surface area (Å²) < 4.78 is 6.54. The first kappa shape index (κ1) is 24.9. The zero-order valence-electron chi connectivity index (χ0n) is 19.1. The van der Waals surface area contributed by atoms with Crippen molar-refractivity contribution in [1.29, 1.82) is 0 Å². The molecule has 0 aliphatic carbocycles. The van der Waals surface area contributed by atoms with Crippen LogP contribution in [-0.4, -0.2) is 43.9 Å². The van der Waals surface area contributed by atoms with Crippen molar-refractivity contribution in [2.75, 3.05) is 13.7 Å². The Labute approximate surface area is 173 Å². The van der Waals surface area contributed by atoms with Gasteiger partial charge in [0.05, 0.1) is 12.1 Å². The quantitative estimate of drug-likeness (QED) is 0.387. The molecule has 0 fully saturated rings. The van der Waals surface area contributed by atoms with Gasteiger partial charge in [0.15, 0.2) is 8.32 Å². The molecule has 0 saturated carbocycles. The van der Waals surface area contributed by atoms with Gasteiger partial charge >= 0.3 is 0 Å². The third-order valence-electron chi connectivity index (χ3n) is 6.20. The van der Waals surface area contributed by atoms with Crippen molar-refractivity contribution in [3.8, 4) is 0 Å². The van der Waals surface area contributed by atoms with E-state index in [2.05, 4.69) is 41.5 Å². The fraction of sp³-hybridized carbons (Fsp3) is 0.696. The van der Waals surface area contributed by atoms with E-state index in [1.165, 1.54) is 0 Å². The van der Waals surface area contributed by atoms with E-state index in [0.717, 1.165) is 12.0 Å². The van der Waals surface area contributed by atoms with Crippen LogP contribution in [0.3, 0.4) is 0 Å². The van der Waals surface area contributed by atoms with Gasteiger partial charge in [-0.1, -0.05) is 71.9 Å². The molecule has 0 bridgehead atoms. The number of hydrogen-bond acceptors (Lipinski definition) is 3. The maximum absolute atomic E-state index is 12.6. The molecule has 1 N–H and O–H groups in total. The average molecular weight is 408 g/mol. The second kappa shape index (κ2) is 11.1. The molecule has 1 rings (SSSR count). The summed E-state index contributed by atoms with van der Waals surface area (Å²) in [6, 6.07) is 9.23. The summed E-state index contributed by atoms with van der Waals surface area (Å²) in [7, 11) is -0.102. The van der Waals surface area contributed by atoms with Gasteiger partial charge in [-0.25, -0.2) is 0 Å².